The summed E-state index contributed by atoms with van der Waals surface area (Å²) in [4.78, 5) is 17.3. The van der Waals surface area contributed by atoms with E-state index in [9.17, 15) is 4.79 Å². The normalized spacial score (nSPS) is 11.0. The maximum absolute atomic E-state index is 12.5. The third-order valence-electron chi connectivity index (χ3n) is 4.63. The average molecular weight is 341 g/mol. The van der Waals surface area contributed by atoms with Gasteiger partial charge in [-0.05, 0) is 42.3 Å². The summed E-state index contributed by atoms with van der Waals surface area (Å²) in [5, 5.41) is 3.13. The van der Waals surface area contributed by atoms with Crippen LogP contribution in [0.25, 0.3) is 32.9 Å². The van der Waals surface area contributed by atoms with Crippen molar-refractivity contribution >= 4 is 27.6 Å². The Morgan fingerprint density at radius 3 is 2.38 bits per heavy atom. The summed E-state index contributed by atoms with van der Waals surface area (Å²) < 4.78 is 5.27. The molecule has 4 rings (SSSR count). The van der Waals surface area contributed by atoms with E-state index in [1.807, 2.05) is 49.4 Å². The molecule has 0 atom stereocenters. The second-order valence-electron chi connectivity index (χ2n) is 6.27. The number of para-hydroxylation sites is 1. The van der Waals surface area contributed by atoms with Crippen molar-refractivity contribution in [2.45, 2.75) is 13.8 Å². The molecule has 0 saturated carbocycles. The molecule has 0 unspecified atom stereocenters. The number of ether oxygens (including phenoxy) is 1. The quantitative estimate of drug-likeness (QED) is 0.459. The van der Waals surface area contributed by atoms with Crippen LogP contribution in [0, 0.1) is 6.92 Å². The second kappa shape index (κ2) is 6.60. The molecule has 0 saturated heterocycles. The summed E-state index contributed by atoms with van der Waals surface area (Å²) >= 11 is 0. The van der Waals surface area contributed by atoms with E-state index in [0.29, 0.717) is 12.2 Å². The Bertz CT molecular complexity index is 1130. The molecule has 0 radical (unpaired) electrons. The lowest BCUT2D eigenvalue weighted by Gasteiger charge is -2.12. The Kier molecular flexibility index (Phi) is 4.13. The number of hydrogen-bond donors (Lipinski definition) is 0. The van der Waals surface area contributed by atoms with Gasteiger partial charge in [-0.3, -0.25) is 0 Å². The lowest BCUT2D eigenvalue weighted by Crippen LogP contribution is -2.06. The molecule has 3 nitrogen and oxygen atoms in total. The number of pyridine rings is 1. The van der Waals surface area contributed by atoms with E-state index >= 15 is 0 Å². The Hall–Kier alpha value is -3.20. The van der Waals surface area contributed by atoms with Crippen LogP contribution in [0.2, 0.25) is 0 Å². The van der Waals surface area contributed by atoms with Crippen molar-refractivity contribution in [3.8, 4) is 11.3 Å². The van der Waals surface area contributed by atoms with Gasteiger partial charge in [-0.15, -0.1) is 0 Å². The average Bonchev–Trinajstić information content (AvgIpc) is 2.68. The number of rotatable bonds is 3. The standard InChI is InChI=1S/C23H19NO2/c1-3-26-23(25)20-14-22(24-21-11-7-6-10-18(20)21)19-13-12-15(2)16-8-4-5-9-17(16)19/h4-14H,3H2,1-2H3. The molecule has 4 aromatic rings. The van der Waals surface area contributed by atoms with Crippen molar-refractivity contribution in [3.63, 3.8) is 0 Å². The molecule has 128 valence electrons. The van der Waals surface area contributed by atoms with Crippen LogP contribution >= 0.6 is 0 Å². The van der Waals surface area contributed by atoms with E-state index in [1.165, 1.54) is 10.9 Å². The molecule has 1 heterocycles. The molecule has 3 aromatic carbocycles. The zero-order chi connectivity index (χ0) is 18.1. The number of benzene rings is 3. The van der Waals surface area contributed by atoms with E-state index in [-0.39, 0.29) is 5.97 Å². The minimum absolute atomic E-state index is 0.316. The van der Waals surface area contributed by atoms with Crippen molar-refractivity contribution < 1.29 is 9.53 Å². The van der Waals surface area contributed by atoms with Crippen LogP contribution < -0.4 is 0 Å². The highest BCUT2D eigenvalue weighted by molar-refractivity contribution is 6.06. The minimum atomic E-state index is -0.316. The monoisotopic (exact) mass is 341 g/mol. The Morgan fingerprint density at radius 2 is 1.62 bits per heavy atom. The predicted molar refractivity (Wildman–Crippen MR) is 105 cm³/mol. The maximum Gasteiger partial charge on any atom is 0.338 e. The highest BCUT2D eigenvalue weighted by atomic mass is 16.5. The Morgan fingerprint density at radius 1 is 0.923 bits per heavy atom. The van der Waals surface area contributed by atoms with Crippen LogP contribution in [0.5, 0.6) is 0 Å². The van der Waals surface area contributed by atoms with Gasteiger partial charge in [0.15, 0.2) is 0 Å². The summed E-state index contributed by atoms with van der Waals surface area (Å²) in [6, 6.07) is 22.0. The first kappa shape index (κ1) is 16.3. The first-order chi connectivity index (χ1) is 12.7. The number of carbonyl (C=O) groups is 1. The van der Waals surface area contributed by atoms with Crippen LogP contribution in [0.4, 0.5) is 0 Å². The van der Waals surface area contributed by atoms with E-state index < -0.39 is 0 Å². The van der Waals surface area contributed by atoms with Gasteiger partial charge in [0, 0.05) is 10.9 Å². The molecule has 0 fully saturated rings. The fourth-order valence-electron chi connectivity index (χ4n) is 3.36. The SMILES string of the molecule is CCOC(=O)c1cc(-c2ccc(C)c3ccccc23)nc2ccccc12. The molecule has 26 heavy (non-hydrogen) atoms. The molecule has 0 spiro atoms. The van der Waals surface area contributed by atoms with Crippen molar-refractivity contribution in [3.05, 3.63) is 77.9 Å². The number of esters is 1. The van der Waals surface area contributed by atoms with E-state index in [0.717, 1.165) is 27.5 Å². The molecule has 0 amide bonds. The lowest BCUT2D eigenvalue weighted by atomic mass is 9.96. The van der Waals surface area contributed by atoms with Crippen molar-refractivity contribution in [2.24, 2.45) is 0 Å². The first-order valence-corrected chi connectivity index (χ1v) is 8.74. The molecular weight excluding hydrogens is 322 g/mol. The fraction of sp³-hybridized carbons (Fsp3) is 0.130. The van der Waals surface area contributed by atoms with Gasteiger partial charge in [-0.1, -0.05) is 54.6 Å². The highest BCUT2D eigenvalue weighted by Gasteiger charge is 2.16. The molecular formula is C23H19NO2. The van der Waals surface area contributed by atoms with Gasteiger partial charge >= 0.3 is 5.97 Å². The number of fused-ring (bicyclic) bond motifs is 2. The summed E-state index contributed by atoms with van der Waals surface area (Å²) in [5.41, 5.74) is 4.36. The van der Waals surface area contributed by atoms with E-state index in [2.05, 4.69) is 31.2 Å². The second-order valence-corrected chi connectivity index (χ2v) is 6.27. The van der Waals surface area contributed by atoms with Crippen LogP contribution in [0.15, 0.2) is 66.7 Å². The summed E-state index contributed by atoms with van der Waals surface area (Å²) in [6.45, 7) is 4.26. The molecule has 0 aliphatic carbocycles. The molecule has 0 aliphatic heterocycles. The number of aryl methyl sites for hydroxylation is 1. The van der Waals surface area contributed by atoms with Gasteiger partial charge in [-0.25, -0.2) is 9.78 Å². The van der Waals surface area contributed by atoms with Gasteiger partial charge in [0.1, 0.15) is 0 Å². The molecule has 0 N–H and O–H groups in total. The van der Waals surface area contributed by atoms with Crippen LogP contribution in [0.3, 0.4) is 0 Å². The fourth-order valence-corrected chi connectivity index (χ4v) is 3.36. The van der Waals surface area contributed by atoms with Gasteiger partial charge in [-0.2, -0.15) is 0 Å². The van der Waals surface area contributed by atoms with Crippen molar-refractivity contribution in [1.82, 2.24) is 4.98 Å². The zero-order valence-electron chi connectivity index (χ0n) is 14.8. The number of aromatic nitrogens is 1. The summed E-state index contributed by atoms with van der Waals surface area (Å²) in [5.74, 6) is -0.316. The lowest BCUT2D eigenvalue weighted by molar-refractivity contribution is 0.0528. The summed E-state index contributed by atoms with van der Waals surface area (Å²) in [7, 11) is 0. The van der Waals surface area contributed by atoms with Gasteiger partial charge in [0.2, 0.25) is 0 Å². The molecule has 0 bridgehead atoms. The van der Waals surface area contributed by atoms with Crippen LogP contribution in [-0.2, 0) is 4.74 Å². The number of hydrogen-bond acceptors (Lipinski definition) is 3. The molecule has 3 heteroatoms. The summed E-state index contributed by atoms with van der Waals surface area (Å²) in [6.07, 6.45) is 0. The zero-order valence-corrected chi connectivity index (χ0v) is 14.8. The minimum Gasteiger partial charge on any atom is -0.462 e. The van der Waals surface area contributed by atoms with Gasteiger partial charge in [0.05, 0.1) is 23.4 Å². The van der Waals surface area contributed by atoms with Crippen molar-refractivity contribution in [2.75, 3.05) is 6.61 Å². The highest BCUT2D eigenvalue weighted by Crippen LogP contribution is 2.32. The van der Waals surface area contributed by atoms with Crippen molar-refractivity contribution in [1.29, 1.82) is 0 Å². The van der Waals surface area contributed by atoms with E-state index in [4.69, 9.17) is 9.72 Å². The predicted octanol–water partition coefficient (Wildman–Crippen LogP) is 5.54. The largest absolute Gasteiger partial charge is 0.462 e. The third-order valence-corrected chi connectivity index (χ3v) is 4.63. The van der Waals surface area contributed by atoms with Crippen LogP contribution in [-0.4, -0.2) is 17.6 Å². The third kappa shape index (κ3) is 2.72. The van der Waals surface area contributed by atoms with Crippen LogP contribution in [0.1, 0.15) is 22.8 Å². The number of nitrogens with zero attached hydrogens (tertiary/aromatic N) is 1. The maximum atomic E-state index is 12.5. The number of carbonyl (C=O) groups excluding carboxylic acids is 1. The van der Waals surface area contributed by atoms with Gasteiger partial charge in [0.25, 0.3) is 0 Å². The topological polar surface area (TPSA) is 39.2 Å². The molecule has 1 aromatic heterocycles. The Labute approximate surface area is 152 Å². The Balaban J connectivity index is 2.01. The van der Waals surface area contributed by atoms with Gasteiger partial charge < -0.3 is 4.74 Å². The molecule has 0 aliphatic rings. The first-order valence-electron chi connectivity index (χ1n) is 8.74. The smallest absolute Gasteiger partial charge is 0.338 e. The van der Waals surface area contributed by atoms with E-state index in [1.54, 1.807) is 0 Å².